The molecule has 0 aromatic rings. The number of hydrogen-bond acceptors (Lipinski definition) is 6. The molecule has 6 nitrogen and oxygen atoms in total. The quantitative estimate of drug-likeness (QED) is 0.0261. The molecule has 0 spiro atoms. The fraction of sp³-hybridized carbons (Fsp3) is 0.880. The van der Waals surface area contributed by atoms with Crippen LogP contribution in [0.5, 0.6) is 0 Å². The van der Waals surface area contributed by atoms with Crippen molar-refractivity contribution in [2.45, 2.75) is 412 Å². The molecule has 0 aromatic carbocycles. The Morgan fingerprint density at radius 2 is 0.444 bits per heavy atom. The van der Waals surface area contributed by atoms with E-state index in [1.165, 1.54) is 302 Å². The summed E-state index contributed by atoms with van der Waals surface area (Å²) in [6.07, 6.45) is 88.0. The van der Waals surface area contributed by atoms with E-state index in [2.05, 4.69) is 57.2 Å². The molecule has 0 aliphatic heterocycles. The van der Waals surface area contributed by atoms with Gasteiger partial charge in [-0.3, -0.25) is 14.4 Å². The number of carbonyl (C=O) groups excluding carboxylic acids is 3. The van der Waals surface area contributed by atoms with E-state index in [1.54, 1.807) is 0 Å². The maximum absolute atomic E-state index is 12.9. The fourth-order valence-corrected chi connectivity index (χ4v) is 11.1. The van der Waals surface area contributed by atoms with Crippen molar-refractivity contribution in [3.05, 3.63) is 36.5 Å². The summed E-state index contributed by atoms with van der Waals surface area (Å²) in [7, 11) is 0. The van der Waals surface area contributed by atoms with Crippen molar-refractivity contribution < 1.29 is 28.6 Å². The average Bonchev–Trinajstić information content (AvgIpc) is 3.47. The molecule has 0 fully saturated rings. The van der Waals surface area contributed by atoms with Crippen LogP contribution in [0.25, 0.3) is 0 Å². The minimum absolute atomic E-state index is 0.0687. The third kappa shape index (κ3) is 68.3. The molecule has 0 saturated carbocycles. The molecule has 0 rings (SSSR count). The van der Waals surface area contributed by atoms with Gasteiger partial charge in [-0.2, -0.15) is 0 Å². The van der Waals surface area contributed by atoms with Gasteiger partial charge in [0.2, 0.25) is 0 Å². The van der Waals surface area contributed by atoms with Crippen LogP contribution in [0, 0.1) is 0 Å². The van der Waals surface area contributed by atoms with Crippen molar-refractivity contribution in [3.63, 3.8) is 0 Å². The average molecular weight is 1140 g/mol. The molecule has 1 atom stereocenters. The van der Waals surface area contributed by atoms with Crippen molar-refractivity contribution in [1.29, 1.82) is 0 Å². The Balaban J connectivity index is 3.94. The molecule has 0 radical (unpaired) electrons. The second-order valence-electron chi connectivity index (χ2n) is 24.9. The molecule has 0 heterocycles. The molecular weight excluding hydrogens is 997 g/mol. The van der Waals surface area contributed by atoms with E-state index in [9.17, 15) is 14.4 Å². The van der Waals surface area contributed by atoms with Gasteiger partial charge < -0.3 is 14.2 Å². The number of carbonyl (C=O) groups is 3. The lowest BCUT2D eigenvalue weighted by molar-refractivity contribution is -0.167. The largest absolute Gasteiger partial charge is 0.462 e. The van der Waals surface area contributed by atoms with Gasteiger partial charge in [-0.15, -0.1) is 0 Å². The molecule has 0 aromatic heterocycles. The van der Waals surface area contributed by atoms with Crippen LogP contribution < -0.4 is 0 Å². The van der Waals surface area contributed by atoms with Crippen LogP contribution in [-0.2, 0) is 28.6 Å². The van der Waals surface area contributed by atoms with Gasteiger partial charge in [-0.25, -0.2) is 0 Å². The summed E-state index contributed by atoms with van der Waals surface area (Å²) in [5, 5.41) is 0. The fourth-order valence-electron chi connectivity index (χ4n) is 11.1. The first-order valence-electron chi connectivity index (χ1n) is 36.5. The zero-order valence-electron chi connectivity index (χ0n) is 54.8. The molecule has 1 unspecified atom stereocenters. The van der Waals surface area contributed by atoms with Crippen LogP contribution in [0.2, 0.25) is 0 Å². The Morgan fingerprint density at radius 1 is 0.247 bits per heavy atom. The summed E-state index contributed by atoms with van der Waals surface area (Å²) in [5.74, 6) is -0.854. The minimum atomic E-state index is -0.770. The van der Waals surface area contributed by atoms with Gasteiger partial charge in [0.1, 0.15) is 13.2 Å². The van der Waals surface area contributed by atoms with Crippen molar-refractivity contribution >= 4 is 17.9 Å². The van der Waals surface area contributed by atoms with Gasteiger partial charge >= 0.3 is 17.9 Å². The van der Waals surface area contributed by atoms with Gasteiger partial charge in [0.05, 0.1) is 0 Å². The predicted octanol–water partition coefficient (Wildman–Crippen LogP) is 25.1. The Kier molecular flexibility index (Phi) is 68.1. The van der Waals surface area contributed by atoms with E-state index in [1.807, 2.05) is 0 Å². The zero-order valence-corrected chi connectivity index (χ0v) is 54.8. The summed E-state index contributed by atoms with van der Waals surface area (Å²) < 4.78 is 16.9. The SMILES string of the molecule is CCCCCCC/C=C\C/C=C\CCCCCCCCCCCC(=O)OC(COC(=O)CCCCCCCCC)COC(=O)CCCCCCCCCCCCCCCCCCCCCCCCC/C=C\CCCCCCCCCC. The number of rotatable bonds is 68. The second kappa shape index (κ2) is 70.1. The van der Waals surface area contributed by atoms with Crippen LogP contribution in [0.1, 0.15) is 406 Å². The Hall–Kier alpha value is -2.37. The monoisotopic (exact) mass is 1140 g/mol. The van der Waals surface area contributed by atoms with Gasteiger partial charge in [0.15, 0.2) is 6.10 Å². The lowest BCUT2D eigenvalue weighted by atomic mass is 10.0. The van der Waals surface area contributed by atoms with Crippen molar-refractivity contribution in [1.82, 2.24) is 0 Å². The number of ether oxygens (including phenoxy) is 3. The van der Waals surface area contributed by atoms with E-state index < -0.39 is 6.10 Å². The van der Waals surface area contributed by atoms with E-state index in [4.69, 9.17) is 14.2 Å². The number of hydrogen-bond donors (Lipinski definition) is 0. The Morgan fingerprint density at radius 3 is 0.691 bits per heavy atom. The Labute approximate surface area is 506 Å². The van der Waals surface area contributed by atoms with Crippen molar-refractivity contribution in [3.8, 4) is 0 Å². The summed E-state index contributed by atoms with van der Waals surface area (Å²) in [6.45, 7) is 6.65. The topological polar surface area (TPSA) is 78.9 Å². The van der Waals surface area contributed by atoms with Crippen LogP contribution in [0.4, 0.5) is 0 Å². The molecule has 6 heteroatoms. The molecule has 0 N–H and O–H groups in total. The highest BCUT2D eigenvalue weighted by Gasteiger charge is 2.19. The van der Waals surface area contributed by atoms with Crippen LogP contribution >= 0.6 is 0 Å². The van der Waals surface area contributed by atoms with Crippen LogP contribution in [0.3, 0.4) is 0 Å². The summed E-state index contributed by atoms with van der Waals surface area (Å²) in [4.78, 5) is 38.2. The number of esters is 3. The minimum Gasteiger partial charge on any atom is -0.462 e. The predicted molar refractivity (Wildman–Crippen MR) is 353 cm³/mol. The van der Waals surface area contributed by atoms with E-state index in [0.29, 0.717) is 19.3 Å². The van der Waals surface area contributed by atoms with Gasteiger partial charge in [0, 0.05) is 19.3 Å². The highest BCUT2D eigenvalue weighted by Crippen LogP contribution is 2.19. The van der Waals surface area contributed by atoms with E-state index >= 15 is 0 Å². The summed E-state index contributed by atoms with van der Waals surface area (Å²) >= 11 is 0. The maximum atomic E-state index is 12.9. The molecule has 476 valence electrons. The molecule has 0 aliphatic carbocycles. The van der Waals surface area contributed by atoms with Crippen molar-refractivity contribution in [2.75, 3.05) is 13.2 Å². The molecule has 0 amide bonds. The van der Waals surface area contributed by atoms with E-state index in [-0.39, 0.29) is 31.1 Å². The zero-order chi connectivity index (χ0) is 58.5. The lowest BCUT2D eigenvalue weighted by Gasteiger charge is -2.18. The van der Waals surface area contributed by atoms with Crippen LogP contribution in [0.15, 0.2) is 36.5 Å². The lowest BCUT2D eigenvalue weighted by Crippen LogP contribution is -2.30. The normalized spacial score (nSPS) is 12.2. The van der Waals surface area contributed by atoms with Crippen molar-refractivity contribution in [2.24, 2.45) is 0 Å². The maximum Gasteiger partial charge on any atom is 0.306 e. The van der Waals surface area contributed by atoms with Gasteiger partial charge in [-0.1, -0.05) is 346 Å². The second-order valence-corrected chi connectivity index (χ2v) is 24.9. The molecule has 81 heavy (non-hydrogen) atoms. The highest BCUT2D eigenvalue weighted by atomic mass is 16.6. The molecular formula is C75H140O6. The highest BCUT2D eigenvalue weighted by molar-refractivity contribution is 5.71. The molecule has 0 saturated heterocycles. The first-order chi connectivity index (χ1) is 40.0. The molecule has 0 aliphatic rings. The number of allylic oxidation sites excluding steroid dienone is 6. The molecule has 0 bridgehead atoms. The van der Waals surface area contributed by atoms with Gasteiger partial charge in [0.25, 0.3) is 0 Å². The summed E-state index contributed by atoms with van der Waals surface area (Å²) in [6, 6.07) is 0. The smallest absolute Gasteiger partial charge is 0.306 e. The third-order valence-corrected chi connectivity index (χ3v) is 16.6. The van der Waals surface area contributed by atoms with Gasteiger partial charge in [-0.05, 0) is 77.0 Å². The van der Waals surface area contributed by atoms with E-state index in [0.717, 1.165) is 64.2 Å². The first kappa shape index (κ1) is 78.6. The summed E-state index contributed by atoms with van der Waals surface area (Å²) in [5.41, 5.74) is 0. The Bertz CT molecular complexity index is 1350. The number of unbranched alkanes of at least 4 members (excludes halogenated alkanes) is 51. The third-order valence-electron chi connectivity index (χ3n) is 16.6. The van der Waals surface area contributed by atoms with Crippen LogP contribution in [-0.4, -0.2) is 37.2 Å². The standard InChI is InChI=1S/C75H140O6/c1-4-7-10-13-16-18-20-22-24-26-28-30-31-32-33-34-35-36-37-38-39-40-41-42-43-45-46-48-50-52-54-56-59-62-65-68-74(77)80-71-72(70-79-73(76)67-64-61-58-15-12-9-6-3)81-75(78)69-66-63-60-57-55-53-51-49-47-44-29-27-25-23-21-19-17-14-11-8-5-2/h21,23,26-29,72H,4-20,22,24-25,30-71H2,1-3H3/b23-21-,28-26-,29-27-. The first-order valence-corrected chi connectivity index (χ1v) is 36.5.